The van der Waals surface area contributed by atoms with Gasteiger partial charge in [-0.1, -0.05) is 27.7 Å². The lowest BCUT2D eigenvalue weighted by molar-refractivity contribution is 0.125. The highest BCUT2D eigenvalue weighted by Gasteiger charge is 2.17. The van der Waals surface area contributed by atoms with E-state index in [1.54, 1.807) is 0 Å². The first-order chi connectivity index (χ1) is 10.4. The van der Waals surface area contributed by atoms with Crippen LogP contribution >= 0.6 is 0 Å². The van der Waals surface area contributed by atoms with Gasteiger partial charge in [0.05, 0.1) is 0 Å². The van der Waals surface area contributed by atoms with Crippen molar-refractivity contribution in [1.82, 2.24) is 19.6 Å². The third kappa shape index (κ3) is 10.5. The highest BCUT2D eigenvalue weighted by Crippen LogP contribution is 2.04. The summed E-state index contributed by atoms with van der Waals surface area (Å²) in [5, 5.41) is 0. The molecule has 0 radical (unpaired) electrons. The maximum atomic E-state index is 2.40. The molecule has 2 aliphatic heterocycles. The predicted molar refractivity (Wildman–Crippen MR) is 102 cm³/mol. The Morgan fingerprint density at radius 1 is 0.545 bits per heavy atom. The Bertz CT molecular complexity index is 211. The van der Waals surface area contributed by atoms with E-state index < -0.39 is 0 Å². The summed E-state index contributed by atoms with van der Waals surface area (Å²) >= 11 is 0. The van der Waals surface area contributed by atoms with Crippen molar-refractivity contribution in [1.29, 1.82) is 0 Å². The normalized spacial score (nSPS) is 27.5. The van der Waals surface area contributed by atoms with Crippen LogP contribution in [0.2, 0.25) is 0 Å². The zero-order valence-corrected chi connectivity index (χ0v) is 17.2. The van der Waals surface area contributed by atoms with Crippen LogP contribution in [0.1, 0.15) is 41.5 Å². The zero-order chi connectivity index (χ0) is 17.7. The Kier molecular flexibility index (Phi) is 15.8. The molecule has 0 aromatic carbocycles. The van der Waals surface area contributed by atoms with Gasteiger partial charge in [0.1, 0.15) is 0 Å². The van der Waals surface area contributed by atoms with E-state index in [2.05, 4.69) is 61.6 Å². The molecular weight excluding hydrogens is 272 g/mol. The quantitative estimate of drug-likeness (QED) is 0.681. The van der Waals surface area contributed by atoms with Crippen molar-refractivity contribution in [2.75, 3.05) is 67.5 Å². The van der Waals surface area contributed by atoms with Gasteiger partial charge in [-0.3, -0.25) is 0 Å². The number of nitrogens with zero attached hydrogens (tertiary/aromatic N) is 4. The fourth-order valence-electron chi connectivity index (χ4n) is 2.46. The molecule has 2 rings (SSSR count). The first kappa shape index (κ1) is 24.1. The number of hydrogen-bond donors (Lipinski definition) is 0. The van der Waals surface area contributed by atoms with Gasteiger partial charge in [0.2, 0.25) is 0 Å². The van der Waals surface area contributed by atoms with Crippen LogP contribution in [0.5, 0.6) is 0 Å². The molecule has 4 nitrogen and oxygen atoms in total. The highest BCUT2D eigenvalue weighted by molar-refractivity contribution is 4.74. The molecule has 0 aromatic heterocycles. The highest BCUT2D eigenvalue weighted by atomic mass is 15.3. The van der Waals surface area contributed by atoms with Crippen LogP contribution in [0.25, 0.3) is 0 Å². The van der Waals surface area contributed by atoms with Crippen LogP contribution in [0, 0.1) is 0 Å². The van der Waals surface area contributed by atoms with E-state index in [4.69, 9.17) is 0 Å². The average Bonchev–Trinajstić information content (AvgIpc) is 2.52. The summed E-state index contributed by atoms with van der Waals surface area (Å²) in [6.07, 6.45) is 0. The third-order valence-electron chi connectivity index (χ3n) is 4.33. The summed E-state index contributed by atoms with van der Waals surface area (Å²) in [5.41, 5.74) is 0. The first-order valence-electron chi connectivity index (χ1n) is 9.17. The Morgan fingerprint density at radius 2 is 0.818 bits per heavy atom. The summed E-state index contributed by atoms with van der Waals surface area (Å²) in [6.45, 7) is 19.9. The van der Waals surface area contributed by atoms with Gasteiger partial charge in [0, 0.05) is 51.4 Å². The molecule has 0 N–H and O–H groups in total. The van der Waals surface area contributed by atoms with Crippen LogP contribution in [-0.2, 0) is 0 Å². The summed E-state index contributed by atoms with van der Waals surface area (Å²) in [4.78, 5) is 9.56. The van der Waals surface area contributed by atoms with Crippen LogP contribution in [0.3, 0.4) is 0 Å². The third-order valence-corrected chi connectivity index (χ3v) is 4.33. The summed E-state index contributed by atoms with van der Waals surface area (Å²) in [5.74, 6) is 0. The van der Waals surface area contributed by atoms with E-state index in [-0.39, 0.29) is 0 Å². The molecule has 0 aliphatic carbocycles. The van der Waals surface area contributed by atoms with E-state index >= 15 is 0 Å². The Balaban J connectivity index is 0. The van der Waals surface area contributed by atoms with Crippen molar-refractivity contribution in [3.63, 3.8) is 0 Å². The van der Waals surface area contributed by atoms with Crippen LogP contribution < -0.4 is 0 Å². The Labute approximate surface area is 141 Å². The minimum Gasteiger partial charge on any atom is -0.304 e. The maximum Gasteiger partial charge on any atom is 0.0192 e. The van der Waals surface area contributed by atoms with Crippen LogP contribution in [0.15, 0.2) is 0 Å². The molecule has 2 heterocycles. The molecule has 2 atom stereocenters. The van der Waals surface area contributed by atoms with E-state index in [0.29, 0.717) is 0 Å². The average molecular weight is 317 g/mol. The molecule has 2 saturated heterocycles. The van der Waals surface area contributed by atoms with Gasteiger partial charge in [-0.25, -0.2) is 0 Å². The molecule has 2 aliphatic rings. The molecule has 4 heteroatoms. The van der Waals surface area contributed by atoms with Gasteiger partial charge in [0.15, 0.2) is 0 Å². The summed E-state index contributed by atoms with van der Waals surface area (Å²) in [7, 11) is 8.75. The summed E-state index contributed by atoms with van der Waals surface area (Å²) < 4.78 is 0. The summed E-state index contributed by atoms with van der Waals surface area (Å²) in [6, 6.07) is 1.48. The van der Waals surface area contributed by atoms with E-state index in [1.165, 1.54) is 39.3 Å². The Hall–Kier alpha value is -0.160. The predicted octanol–water partition coefficient (Wildman–Crippen LogP) is 2.56. The second kappa shape index (κ2) is 14.4. The standard InChI is InChI=1S/2C7H16N2.2C2H6/c2*1-7-6-8(2)4-5-9(7)3;2*1-2/h2*7H,4-6H2,1-3H3;2*1-2H3/t7-;;;/m1.../s1. The molecular formula is C18H44N4. The Morgan fingerprint density at radius 3 is 1.00 bits per heavy atom. The van der Waals surface area contributed by atoms with Crippen molar-refractivity contribution in [3.05, 3.63) is 0 Å². The lowest BCUT2D eigenvalue weighted by Gasteiger charge is -2.35. The molecule has 22 heavy (non-hydrogen) atoms. The van der Waals surface area contributed by atoms with Crippen molar-refractivity contribution in [2.24, 2.45) is 0 Å². The lowest BCUT2D eigenvalue weighted by Crippen LogP contribution is -2.48. The van der Waals surface area contributed by atoms with E-state index in [0.717, 1.165) is 12.1 Å². The monoisotopic (exact) mass is 316 g/mol. The first-order valence-corrected chi connectivity index (χ1v) is 9.17. The minimum absolute atomic E-state index is 0.740. The van der Waals surface area contributed by atoms with Gasteiger partial charge in [-0.05, 0) is 42.0 Å². The van der Waals surface area contributed by atoms with Crippen molar-refractivity contribution < 1.29 is 0 Å². The van der Waals surface area contributed by atoms with Crippen molar-refractivity contribution in [3.8, 4) is 0 Å². The molecule has 0 saturated carbocycles. The van der Waals surface area contributed by atoms with Crippen molar-refractivity contribution in [2.45, 2.75) is 53.6 Å². The molecule has 0 aromatic rings. The van der Waals surface area contributed by atoms with E-state index in [1.807, 2.05) is 27.7 Å². The second-order valence-electron chi connectivity index (χ2n) is 6.18. The largest absolute Gasteiger partial charge is 0.304 e. The van der Waals surface area contributed by atoms with Crippen LogP contribution in [0.4, 0.5) is 0 Å². The van der Waals surface area contributed by atoms with Gasteiger partial charge >= 0.3 is 0 Å². The smallest absolute Gasteiger partial charge is 0.0192 e. The number of likely N-dealkylation sites (N-methyl/N-ethyl adjacent to an activating group) is 4. The molecule has 136 valence electrons. The lowest BCUT2D eigenvalue weighted by atomic mass is 10.2. The fraction of sp³-hybridized carbons (Fsp3) is 1.00. The molecule has 2 fully saturated rings. The molecule has 0 bridgehead atoms. The molecule has 1 unspecified atom stereocenters. The second-order valence-corrected chi connectivity index (χ2v) is 6.18. The van der Waals surface area contributed by atoms with Gasteiger partial charge < -0.3 is 19.6 Å². The van der Waals surface area contributed by atoms with E-state index in [9.17, 15) is 0 Å². The topological polar surface area (TPSA) is 13.0 Å². The van der Waals surface area contributed by atoms with Gasteiger partial charge in [0.25, 0.3) is 0 Å². The minimum atomic E-state index is 0.740. The number of piperazine rings is 2. The molecule has 0 spiro atoms. The zero-order valence-electron chi connectivity index (χ0n) is 17.2. The number of hydrogen-bond acceptors (Lipinski definition) is 4. The van der Waals surface area contributed by atoms with Gasteiger partial charge in [-0.15, -0.1) is 0 Å². The van der Waals surface area contributed by atoms with Gasteiger partial charge in [-0.2, -0.15) is 0 Å². The maximum absolute atomic E-state index is 2.40. The SMILES string of the molecule is CC.CC.CC1CN(C)CCN1C.C[C@@H]1CN(C)CCN1C. The fourth-order valence-corrected chi connectivity index (χ4v) is 2.46. The van der Waals surface area contributed by atoms with Crippen molar-refractivity contribution >= 4 is 0 Å². The van der Waals surface area contributed by atoms with Crippen LogP contribution in [-0.4, -0.2) is 99.1 Å². The molecule has 0 amide bonds. The number of rotatable bonds is 0.